The standard InChI is InChI=1S/C21H21ClN4O2/c1-2-5-18-12-20(27)25-21(24-18)26-23-13-15-6-4-9-19(11-15)28-14-16-7-3-8-17(22)10-16/h3-4,6-13H,2,5,14H2,1H3,(H2,24,25,26,27)/b23-13+. The number of ether oxygens (including phenoxy) is 1. The average molecular weight is 397 g/mol. The van der Waals surface area contributed by atoms with E-state index in [-0.39, 0.29) is 5.56 Å². The number of hydrogen-bond acceptors (Lipinski definition) is 5. The molecule has 144 valence electrons. The largest absolute Gasteiger partial charge is 0.489 e. The number of rotatable bonds is 8. The van der Waals surface area contributed by atoms with Crippen LogP contribution < -0.4 is 15.7 Å². The van der Waals surface area contributed by atoms with Crippen LogP contribution in [0.3, 0.4) is 0 Å². The molecule has 7 heteroatoms. The summed E-state index contributed by atoms with van der Waals surface area (Å²) in [6.07, 6.45) is 3.30. The van der Waals surface area contributed by atoms with E-state index in [1.165, 1.54) is 6.07 Å². The van der Waals surface area contributed by atoms with Crippen LogP contribution in [0, 0.1) is 0 Å². The van der Waals surface area contributed by atoms with Crippen molar-refractivity contribution in [2.75, 3.05) is 5.43 Å². The second-order valence-electron chi connectivity index (χ2n) is 6.20. The van der Waals surface area contributed by atoms with Gasteiger partial charge in [-0.05, 0) is 41.8 Å². The number of aromatic amines is 1. The van der Waals surface area contributed by atoms with Gasteiger partial charge in [0, 0.05) is 16.8 Å². The third kappa shape index (κ3) is 5.96. The molecule has 0 aliphatic carbocycles. The highest BCUT2D eigenvalue weighted by Gasteiger charge is 2.00. The quantitative estimate of drug-likeness (QED) is 0.437. The van der Waals surface area contributed by atoms with Crippen LogP contribution in [0.2, 0.25) is 5.02 Å². The normalized spacial score (nSPS) is 10.9. The molecule has 0 aliphatic rings. The third-order valence-electron chi connectivity index (χ3n) is 3.84. The van der Waals surface area contributed by atoms with Crippen molar-refractivity contribution in [3.05, 3.63) is 86.8 Å². The lowest BCUT2D eigenvalue weighted by Gasteiger charge is -2.07. The Hall–Kier alpha value is -3.12. The third-order valence-corrected chi connectivity index (χ3v) is 4.07. The molecule has 2 N–H and O–H groups in total. The molecule has 0 bridgehead atoms. The fraction of sp³-hybridized carbons (Fsp3) is 0.190. The molecule has 0 amide bonds. The first kappa shape index (κ1) is 19.6. The van der Waals surface area contributed by atoms with Gasteiger partial charge in [-0.1, -0.05) is 49.2 Å². The summed E-state index contributed by atoms with van der Waals surface area (Å²) in [7, 11) is 0. The zero-order chi connectivity index (χ0) is 19.8. The fourth-order valence-corrected chi connectivity index (χ4v) is 2.80. The van der Waals surface area contributed by atoms with Crippen LogP contribution in [-0.4, -0.2) is 16.2 Å². The number of aromatic nitrogens is 2. The Labute approximate surface area is 168 Å². The van der Waals surface area contributed by atoms with Gasteiger partial charge >= 0.3 is 0 Å². The molecule has 0 spiro atoms. The Morgan fingerprint density at radius 1 is 1.21 bits per heavy atom. The zero-order valence-electron chi connectivity index (χ0n) is 15.5. The molecule has 2 aromatic carbocycles. The van der Waals surface area contributed by atoms with Crippen LogP contribution in [-0.2, 0) is 13.0 Å². The summed E-state index contributed by atoms with van der Waals surface area (Å²) in [5, 5.41) is 4.83. The molecule has 0 saturated carbocycles. The molecule has 0 saturated heterocycles. The van der Waals surface area contributed by atoms with E-state index in [1.54, 1.807) is 6.21 Å². The zero-order valence-corrected chi connectivity index (χ0v) is 16.2. The highest BCUT2D eigenvalue weighted by molar-refractivity contribution is 6.30. The number of halogens is 1. The van der Waals surface area contributed by atoms with Crippen molar-refractivity contribution in [3.63, 3.8) is 0 Å². The summed E-state index contributed by atoms with van der Waals surface area (Å²) in [6, 6.07) is 16.6. The number of hydrazone groups is 1. The van der Waals surface area contributed by atoms with E-state index in [4.69, 9.17) is 16.3 Å². The Kier molecular flexibility index (Phi) is 6.81. The van der Waals surface area contributed by atoms with Crippen LogP contribution >= 0.6 is 11.6 Å². The minimum Gasteiger partial charge on any atom is -0.489 e. The van der Waals surface area contributed by atoms with Gasteiger partial charge in [-0.25, -0.2) is 10.4 Å². The topological polar surface area (TPSA) is 79.4 Å². The van der Waals surface area contributed by atoms with E-state index in [0.29, 0.717) is 17.6 Å². The van der Waals surface area contributed by atoms with Gasteiger partial charge in [0.1, 0.15) is 12.4 Å². The van der Waals surface area contributed by atoms with Gasteiger partial charge in [-0.15, -0.1) is 0 Å². The molecule has 0 unspecified atom stereocenters. The first-order chi connectivity index (χ1) is 13.6. The lowest BCUT2D eigenvalue weighted by Crippen LogP contribution is -2.11. The highest BCUT2D eigenvalue weighted by atomic mass is 35.5. The lowest BCUT2D eigenvalue weighted by molar-refractivity contribution is 0.306. The number of nitrogens with zero attached hydrogens (tertiary/aromatic N) is 2. The first-order valence-corrected chi connectivity index (χ1v) is 9.37. The number of H-pyrrole nitrogens is 1. The van der Waals surface area contributed by atoms with Gasteiger partial charge in [0.25, 0.3) is 5.56 Å². The Balaban J connectivity index is 1.62. The molecule has 0 atom stereocenters. The van der Waals surface area contributed by atoms with Crippen molar-refractivity contribution in [3.8, 4) is 5.75 Å². The predicted octanol–water partition coefficient (Wildman–Crippen LogP) is 4.40. The molecule has 1 heterocycles. The van der Waals surface area contributed by atoms with Crippen molar-refractivity contribution >= 4 is 23.8 Å². The van der Waals surface area contributed by atoms with E-state index in [1.807, 2.05) is 55.5 Å². The second kappa shape index (κ2) is 9.71. The summed E-state index contributed by atoms with van der Waals surface area (Å²) < 4.78 is 5.81. The smallest absolute Gasteiger partial charge is 0.252 e. The summed E-state index contributed by atoms with van der Waals surface area (Å²) in [5.74, 6) is 1.04. The molecule has 1 aromatic heterocycles. The SMILES string of the molecule is CCCc1cc(=O)[nH]c(N/N=C/c2cccc(OCc3cccc(Cl)c3)c2)n1. The highest BCUT2D eigenvalue weighted by Crippen LogP contribution is 2.16. The minimum absolute atomic E-state index is 0.201. The van der Waals surface area contributed by atoms with E-state index < -0.39 is 0 Å². The minimum atomic E-state index is -0.201. The van der Waals surface area contributed by atoms with Crippen LogP contribution in [0.15, 0.2) is 64.5 Å². The van der Waals surface area contributed by atoms with Gasteiger partial charge in [-0.3, -0.25) is 9.78 Å². The average Bonchev–Trinajstić information content (AvgIpc) is 2.67. The van der Waals surface area contributed by atoms with Gasteiger partial charge in [0.05, 0.1) is 6.21 Å². The summed E-state index contributed by atoms with van der Waals surface area (Å²) in [5.41, 5.74) is 5.14. The molecule has 0 aliphatic heterocycles. The van der Waals surface area contributed by atoms with Gasteiger partial charge in [0.2, 0.25) is 5.95 Å². The summed E-state index contributed by atoms with van der Waals surface area (Å²) >= 11 is 5.99. The van der Waals surface area contributed by atoms with Crippen LogP contribution in [0.25, 0.3) is 0 Å². The van der Waals surface area contributed by atoms with Crippen molar-refractivity contribution < 1.29 is 4.74 Å². The van der Waals surface area contributed by atoms with E-state index >= 15 is 0 Å². The van der Waals surface area contributed by atoms with E-state index in [2.05, 4.69) is 20.5 Å². The molecule has 0 fully saturated rings. The maximum atomic E-state index is 11.7. The second-order valence-corrected chi connectivity index (χ2v) is 6.63. The van der Waals surface area contributed by atoms with Crippen molar-refractivity contribution in [1.29, 1.82) is 0 Å². The Bertz CT molecular complexity index is 1020. The van der Waals surface area contributed by atoms with Crippen molar-refractivity contribution in [2.45, 2.75) is 26.4 Å². The van der Waals surface area contributed by atoms with E-state index in [0.717, 1.165) is 35.4 Å². The number of hydrogen-bond donors (Lipinski definition) is 2. The molecule has 0 radical (unpaired) electrons. The molecular formula is C21H21ClN4O2. The number of aryl methyl sites for hydroxylation is 1. The first-order valence-electron chi connectivity index (χ1n) is 8.99. The maximum absolute atomic E-state index is 11.7. The molecule has 3 aromatic rings. The van der Waals surface area contributed by atoms with Crippen LogP contribution in [0.5, 0.6) is 5.75 Å². The molecule has 3 rings (SSSR count). The number of nitrogens with one attached hydrogen (secondary N) is 2. The Morgan fingerprint density at radius 3 is 2.89 bits per heavy atom. The molecule has 28 heavy (non-hydrogen) atoms. The van der Waals surface area contributed by atoms with Crippen molar-refractivity contribution in [1.82, 2.24) is 9.97 Å². The summed E-state index contributed by atoms with van der Waals surface area (Å²) in [4.78, 5) is 18.6. The number of anilines is 1. The number of benzene rings is 2. The maximum Gasteiger partial charge on any atom is 0.252 e. The lowest BCUT2D eigenvalue weighted by atomic mass is 10.2. The van der Waals surface area contributed by atoms with E-state index in [9.17, 15) is 4.79 Å². The fourth-order valence-electron chi connectivity index (χ4n) is 2.59. The monoisotopic (exact) mass is 396 g/mol. The van der Waals surface area contributed by atoms with Crippen LogP contribution in [0.1, 0.15) is 30.2 Å². The predicted molar refractivity (Wildman–Crippen MR) is 112 cm³/mol. The van der Waals surface area contributed by atoms with Gasteiger partial charge in [-0.2, -0.15) is 5.10 Å². The molecule has 6 nitrogen and oxygen atoms in total. The summed E-state index contributed by atoms with van der Waals surface area (Å²) in [6.45, 7) is 2.46. The van der Waals surface area contributed by atoms with Gasteiger partial charge < -0.3 is 4.74 Å². The van der Waals surface area contributed by atoms with Gasteiger partial charge in [0.15, 0.2) is 0 Å². The Morgan fingerprint density at radius 2 is 2.07 bits per heavy atom. The molecular weight excluding hydrogens is 376 g/mol. The van der Waals surface area contributed by atoms with Crippen molar-refractivity contribution in [2.24, 2.45) is 5.10 Å². The van der Waals surface area contributed by atoms with Crippen LogP contribution in [0.4, 0.5) is 5.95 Å².